The summed E-state index contributed by atoms with van der Waals surface area (Å²) in [6, 6.07) is 0. The van der Waals surface area contributed by atoms with E-state index in [0.29, 0.717) is 19.3 Å². The van der Waals surface area contributed by atoms with Crippen molar-refractivity contribution < 1.29 is 13.9 Å². The molecule has 1 unspecified atom stereocenters. The molecular weight excluding hydrogens is 256 g/mol. The van der Waals surface area contributed by atoms with Crippen molar-refractivity contribution in [3.8, 4) is 0 Å². The van der Waals surface area contributed by atoms with Crippen LogP contribution in [0.3, 0.4) is 0 Å². The number of rotatable bonds is 10. The fraction of sp³-hybridized carbons (Fsp3) is 1.00. The Morgan fingerprint density at radius 1 is 1.00 bits per heavy atom. The predicted octanol–water partition coefficient (Wildman–Crippen LogP) is 4.23. The highest BCUT2D eigenvalue weighted by Crippen LogP contribution is 2.36. The van der Waals surface area contributed by atoms with Gasteiger partial charge in [-0.25, -0.2) is 0 Å². The number of hydrogen-bond acceptors (Lipinski definition) is 3. The van der Waals surface area contributed by atoms with Crippen LogP contribution in [0.25, 0.3) is 0 Å². The molecule has 0 rings (SSSR count). The van der Waals surface area contributed by atoms with E-state index in [4.69, 9.17) is 13.9 Å². The Kier molecular flexibility index (Phi) is 9.16. The standard InChI is InChI=1S/C15H34O3Si/c1-8-14(2)17-11-9-10-16-12-13-18-19(6,7)15(3,4)5/h14H,8-13H2,1-7H3. The molecule has 0 N–H and O–H groups in total. The van der Waals surface area contributed by atoms with E-state index in [1.807, 2.05) is 0 Å². The molecule has 0 saturated carbocycles. The van der Waals surface area contributed by atoms with Gasteiger partial charge < -0.3 is 13.9 Å². The highest BCUT2D eigenvalue weighted by atomic mass is 28.4. The summed E-state index contributed by atoms with van der Waals surface area (Å²) in [5.74, 6) is 0. The molecule has 19 heavy (non-hydrogen) atoms. The van der Waals surface area contributed by atoms with Gasteiger partial charge in [0.15, 0.2) is 8.32 Å². The largest absolute Gasteiger partial charge is 0.414 e. The summed E-state index contributed by atoms with van der Waals surface area (Å²) in [5.41, 5.74) is 0. The Morgan fingerprint density at radius 2 is 1.63 bits per heavy atom. The molecule has 1 atom stereocenters. The maximum absolute atomic E-state index is 6.04. The number of ether oxygens (including phenoxy) is 2. The summed E-state index contributed by atoms with van der Waals surface area (Å²) in [6.07, 6.45) is 2.40. The normalized spacial score (nSPS) is 14.7. The molecule has 0 aliphatic rings. The van der Waals surface area contributed by atoms with Gasteiger partial charge in [0, 0.05) is 13.2 Å². The van der Waals surface area contributed by atoms with Gasteiger partial charge >= 0.3 is 0 Å². The summed E-state index contributed by atoms with van der Waals surface area (Å²) in [4.78, 5) is 0. The minimum absolute atomic E-state index is 0.275. The van der Waals surface area contributed by atoms with E-state index >= 15 is 0 Å². The molecule has 0 bridgehead atoms. The first-order valence-electron chi connectivity index (χ1n) is 7.54. The van der Waals surface area contributed by atoms with Crippen LogP contribution in [0.1, 0.15) is 47.5 Å². The first-order valence-corrected chi connectivity index (χ1v) is 10.4. The highest BCUT2D eigenvalue weighted by molar-refractivity contribution is 6.74. The Hall–Kier alpha value is 0.0969. The van der Waals surface area contributed by atoms with E-state index in [-0.39, 0.29) is 5.04 Å². The first-order chi connectivity index (χ1) is 8.70. The molecule has 0 aromatic rings. The van der Waals surface area contributed by atoms with Crippen LogP contribution in [0.2, 0.25) is 18.1 Å². The van der Waals surface area contributed by atoms with Crippen LogP contribution in [0.4, 0.5) is 0 Å². The summed E-state index contributed by atoms with van der Waals surface area (Å²) < 4.78 is 17.2. The van der Waals surface area contributed by atoms with Crippen LogP contribution >= 0.6 is 0 Å². The fourth-order valence-corrected chi connectivity index (χ4v) is 2.26. The molecule has 0 aromatic heterocycles. The maximum Gasteiger partial charge on any atom is 0.192 e. The van der Waals surface area contributed by atoms with Gasteiger partial charge in [0.05, 0.1) is 19.3 Å². The topological polar surface area (TPSA) is 27.7 Å². The Bertz CT molecular complexity index is 224. The average Bonchev–Trinajstić information content (AvgIpc) is 2.30. The summed E-state index contributed by atoms with van der Waals surface area (Å²) in [7, 11) is -1.60. The van der Waals surface area contributed by atoms with Crippen LogP contribution in [0, 0.1) is 0 Å². The van der Waals surface area contributed by atoms with Crippen molar-refractivity contribution in [1.82, 2.24) is 0 Å². The van der Waals surface area contributed by atoms with Crippen molar-refractivity contribution in [2.24, 2.45) is 0 Å². The molecule has 0 saturated heterocycles. The lowest BCUT2D eigenvalue weighted by Crippen LogP contribution is -2.41. The van der Waals surface area contributed by atoms with Gasteiger partial charge in [-0.2, -0.15) is 0 Å². The molecule has 0 aromatic carbocycles. The Morgan fingerprint density at radius 3 is 2.16 bits per heavy atom. The van der Waals surface area contributed by atoms with Gasteiger partial charge in [-0.15, -0.1) is 0 Å². The van der Waals surface area contributed by atoms with Crippen LogP contribution < -0.4 is 0 Å². The molecule has 0 spiro atoms. The molecule has 0 amide bonds. The van der Waals surface area contributed by atoms with E-state index in [1.165, 1.54) is 0 Å². The van der Waals surface area contributed by atoms with Crippen LogP contribution in [0.15, 0.2) is 0 Å². The fourth-order valence-electron chi connectivity index (χ4n) is 1.24. The van der Waals surface area contributed by atoms with Crippen LogP contribution in [0.5, 0.6) is 0 Å². The zero-order valence-corrected chi connectivity index (χ0v) is 15.0. The second-order valence-electron chi connectivity index (χ2n) is 6.66. The zero-order chi connectivity index (χ0) is 14.9. The maximum atomic E-state index is 6.04. The van der Waals surface area contributed by atoms with Gasteiger partial charge in [0.2, 0.25) is 0 Å². The van der Waals surface area contributed by atoms with Gasteiger partial charge in [0.1, 0.15) is 0 Å². The Balaban J connectivity index is 3.46. The lowest BCUT2D eigenvalue weighted by molar-refractivity contribution is 0.0349. The summed E-state index contributed by atoms with van der Waals surface area (Å²) in [6.45, 7) is 18.5. The monoisotopic (exact) mass is 290 g/mol. The number of hydrogen-bond donors (Lipinski definition) is 0. The third-order valence-corrected chi connectivity index (χ3v) is 8.45. The third-order valence-electron chi connectivity index (χ3n) is 3.91. The molecule has 4 heteroatoms. The molecular formula is C15H34O3Si. The smallest absolute Gasteiger partial charge is 0.192 e. The first kappa shape index (κ1) is 19.1. The minimum Gasteiger partial charge on any atom is -0.414 e. The Labute approximate surface area is 121 Å². The predicted molar refractivity (Wildman–Crippen MR) is 84.3 cm³/mol. The SMILES string of the molecule is CCC(C)OCCCOCCO[Si](C)(C)C(C)(C)C. The lowest BCUT2D eigenvalue weighted by Gasteiger charge is -2.36. The van der Waals surface area contributed by atoms with Crippen molar-refractivity contribution >= 4 is 8.32 Å². The second-order valence-corrected chi connectivity index (χ2v) is 11.5. The van der Waals surface area contributed by atoms with Crippen molar-refractivity contribution in [2.75, 3.05) is 26.4 Å². The van der Waals surface area contributed by atoms with E-state index in [2.05, 4.69) is 47.7 Å². The van der Waals surface area contributed by atoms with Crippen molar-refractivity contribution in [3.05, 3.63) is 0 Å². The average molecular weight is 291 g/mol. The van der Waals surface area contributed by atoms with Crippen LogP contribution in [-0.4, -0.2) is 40.8 Å². The molecule has 0 aliphatic carbocycles. The molecule has 0 heterocycles. The molecule has 116 valence electrons. The van der Waals surface area contributed by atoms with E-state index < -0.39 is 8.32 Å². The van der Waals surface area contributed by atoms with Crippen LogP contribution in [-0.2, 0) is 13.9 Å². The van der Waals surface area contributed by atoms with Crippen molar-refractivity contribution in [1.29, 1.82) is 0 Å². The molecule has 0 radical (unpaired) electrons. The summed E-state index contributed by atoms with van der Waals surface area (Å²) in [5, 5.41) is 0.275. The zero-order valence-electron chi connectivity index (χ0n) is 14.0. The molecule has 0 fully saturated rings. The summed E-state index contributed by atoms with van der Waals surface area (Å²) >= 11 is 0. The van der Waals surface area contributed by atoms with E-state index in [1.54, 1.807) is 0 Å². The highest BCUT2D eigenvalue weighted by Gasteiger charge is 2.36. The third kappa shape index (κ3) is 8.79. The quantitative estimate of drug-likeness (QED) is 0.445. The lowest BCUT2D eigenvalue weighted by atomic mass is 10.2. The van der Waals surface area contributed by atoms with E-state index in [0.717, 1.165) is 26.1 Å². The van der Waals surface area contributed by atoms with Crippen molar-refractivity contribution in [2.45, 2.75) is 71.7 Å². The minimum atomic E-state index is -1.60. The van der Waals surface area contributed by atoms with Gasteiger partial charge in [-0.05, 0) is 37.9 Å². The molecule has 0 aliphatic heterocycles. The van der Waals surface area contributed by atoms with Gasteiger partial charge in [-0.3, -0.25) is 0 Å². The van der Waals surface area contributed by atoms with Gasteiger partial charge in [-0.1, -0.05) is 27.7 Å². The molecule has 3 nitrogen and oxygen atoms in total. The van der Waals surface area contributed by atoms with Crippen molar-refractivity contribution in [3.63, 3.8) is 0 Å². The van der Waals surface area contributed by atoms with Gasteiger partial charge in [0.25, 0.3) is 0 Å². The second kappa shape index (κ2) is 9.11. The van der Waals surface area contributed by atoms with E-state index in [9.17, 15) is 0 Å².